The number of hydrogen-bond acceptors (Lipinski definition) is 12. The second-order valence-electron chi connectivity index (χ2n) is 14.8. The maximum absolute atomic E-state index is 13.3. The number of carboxylic acids is 1. The van der Waals surface area contributed by atoms with Crippen LogP contribution in [0.25, 0.3) is 6.08 Å². The Morgan fingerprint density at radius 2 is 1.38 bits per heavy atom. The number of fused-ring (bicyclic) bond motifs is 1. The van der Waals surface area contributed by atoms with Crippen LogP contribution in [-0.2, 0) is 27.2 Å². The van der Waals surface area contributed by atoms with Gasteiger partial charge >= 0.3 is 5.97 Å². The van der Waals surface area contributed by atoms with E-state index in [-0.39, 0.29) is 76.4 Å². The molecule has 4 amide bonds. The predicted octanol–water partition coefficient (Wildman–Crippen LogP) is 6.77. The number of benzene rings is 5. The number of nitriles is 1. The first kappa shape index (κ1) is 45.7. The van der Waals surface area contributed by atoms with Crippen molar-refractivity contribution in [2.24, 2.45) is 5.92 Å². The summed E-state index contributed by atoms with van der Waals surface area (Å²) in [5.74, 6) is -7.10. The third-order valence-electron chi connectivity index (χ3n) is 10.4. The van der Waals surface area contributed by atoms with Crippen LogP contribution in [0.2, 0.25) is 0 Å². The maximum Gasteiger partial charge on any atom is 0.339 e. The quantitative estimate of drug-likeness (QED) is 0.0376. The summed E-state index contributed by atoms with van der Waals surface area (Å²) in [6.07, 6.45) is 1.64. The third kappa shape index (κ3) is 10.6. The fraction of sp³-hybridized carbons (Fsp3) is 0.167. The number of carbonyl (C=O) groups excluding carboxylic acids is 6. The minimum atomic E-state index is -1.42. The highest BCUT2D eigenvalue weighted by molar-refractivity contribution is 6.10. The van der Waals surface area contributed by atoms with Gasteiger partial charge in [-0.2, -0.15) is 5.26 Å². The Kier molecular flexibility index (Phi) is 14.0. The molecular formula is C48H41N5O12. The van der Waals surface area contributed by atoms with Gasteiger partial charge in [0, 0.05) is 41.8 Å². The number of phenolic OH excluding ortho intramolecular Hbond substituents is 1. The maximum atomic E-state index is 13.3. The average molecular weight is 880 g/mol. The van der Waals surface area contributed by atoms with Crippen LogP contribution in [0.1, 0.15) is 77.9 Å². The molecule has 1 aliphatic rings. The molecule has 1 atom stereocenters. The van der Waals surface area contributed by atoms with Gasteiger partial charge in [-0.05, 0) is 89.9 Å². The number of rotatable bonds is 17. The Labute approximate surface area is 371 Å². The number of allylic oxidation sites excluding steroid dienone is 1. The van der Waals surface area contributed by atoms with Gasteiger partial charge < -0.3 is 46.1 Å². The molecule has 5 aromatic carbocycles. The van der Waals surface area contributed by atoms with Crippen LogP contribution in [0.3, 0.4) is 0 Å². The van der Waals surface area contributed by atoms with Crippen molar-refractivity contribution in [2.75, 3.05) is 35.5 Å². The first-order chi connectivity index (χ1) is 31.1. The number of Topliss-reactive ketones (excluding diaryl/α,β-unsaturated/α-hetero) is 2. The van der Waals surface area contributed by atoms with E-state index in [9.17, 15) is 54.1 Å². The summed E-state index contributed by atoms with van der Waals surface area (Å²) in [5, 5.41) is 50.5. The number of ether oxygens (including phenoxy) is 2. The van der Waals surface area contributed by atoms with Gasteiger partial charge in [-0.15, -0.1) is 0 Å². The van der Waals surface area contributed by atoms with Crippen LogP contribution in [0.4, 0.5) is 22.7 Å². The molecule has 1 aliphatic heterocycles. The van der Waals surface area contributed by atoms with Gasteiger partial charge in [0.2, 0.25) is 11.8 Å². The Bertz CT molecular complexity index is 2830. The highest BCUT2D eigenvalue weighted by Gasteiger charge is 2.26. The molecule has 0 aromatic heterocycles. The molecule has 6 rings (SSSR count). The van der Waals surface area contributed by atoms with Gasteiger partial charge in [0.25, 0.3) is 11.8 Å². The average Bonchev–Trinajstić information content (AvgIpc) is 3.65. The van der Waals surface area contributed by atoms with Crippen LogP contribution in [-0.4, -0.2) is 70.7 Å². The zero-order chi connectivity index (χ0) is 46.9. The lowest BCUT2D eigenvalue weighted by atomic mass is 9.94. The highest BCUT2D eigenvalue weighted by Crippen LogP contribution is 2.40. The number of anilines is 4. The number of aromatic hydroxyl groups is 2. The van der Waals surface area contributed by atoms with Crippen molar-refractivity contribution < 1.29 is 58.4 Å². The molecule has 1 heterocycles. The topological polar surface area (TPSA) is 271 Å². The zero-order valence-electron chi connectivity index (χ0n) is 35.1. The van der Waals surface area contributed by atoms with Crippen molar-refractivity contribution in [3.05, 3.63) is 136 Å². The number of hydrogen-bond donors (Lipinski definition) is 7. The summed E-state index contributed by atoms with van der Waals surface area (Å²) in [6.45, 7) is 1.71. The Balaban J connectivity index is 1.03. The molecule has 330 valence electrons. The summed E-state index contributed by atoms with van der Waals surface area (Å²) in [5.41, 5.74) is 3.44. The summed E-state index contributed by atoms with van der Waals surface area (Å²) in [4.78, 5) is 88.9. The summed E-state index contributed by atoms with van der Waals surface area (Å²) in [6, 6.07) is 24.4. The van der Waals surface area contributed by atoms with Crippen molar-refractivity contribution in [1.29, 1.82) is 5.26 Å². The second-order valence-corrected chi connectivity index (χ2v) is 14.8. The molecule has 0 radical (unpaired) electrons. The molecule has 7 N–H and O–H groups in total. The SMILES string of the molecule is COc1c(NC(=O)c2ccc(NC(=O)c3ccc(NC(=O)[C@H](CC#N)CC(=O)c4ccc(CC(=O)/C(C)=C/c5ccc6c(c5)NC(=O)C6)cc4)cc3)c(OC)c2O)ccc(C(=O)O)c1O. The van der Waals surface area contributed by atoms with Crippen LogP contribution in [0, 0.1) is 17.2 Å². The molecule has 0 unspecified atom stereocenters. The van der Waals surface area contributed by atoms with Crippen molar-refractivity contribution in [2.45, 2.75) is 32.6 Å². The lowest BCUT2D eigenvalue weighted by Gasteiger charge is -2.16. The van der Waals surface area contributed by atoms with Crippen LogP contribution >= 0.6 is 0 Å². The van der Waals surface area contributed by atoms with Gasteiger partial charge in [0.1, 0.15) is 5.56 Å². The minimum Gasteiger partial charge on any atom is -0.504 e. The number of carboxylic acid groups (broad SMARTS) is 1. The molecule has 0 bridgehead atoms. The van der Waals surface area contributed by atoms with Crippen molar-refractivity contribution in [3.8, 4) is 29.1 Å². The Morgan fingerprint density at radius 3 is 2.00 bits per heavy atom. The molecule has 65 heavy (non-hydrogen) atoms. The number of carbonyl (C=O) groups is 7. The van der Waals surface area contributed by atoms with E-state index in [1.54, 1.807) is 37.3 Å². The standard InChI is InChI=1S/C48H41N5O12/c1-25(20-27-6-9-30-24-40(56)51-37(30)21-27)38(54)22-26-4-7-28(8-5-26)39(55)23-31(18-19-49)46(60)50-32-12-10-29(11-13-32)45(59)52-35-16-14-33(41(57)43(35)64-2)47(61)53-36-17-15-34(48(62)63)42(58)44(36)65-3/h4-17,20-21,31,57-58H,18,22-24H2,1-3H3,(H,50,60)(H,51,56)(H,52,59)(H,53,61)(H,62,63)/b25-20+/t31-/m1/s1. The predicted molar refractivity (Wildman–Crippen MR) is 238 cm³/mol. The minimum absolute atomic E-state index is 0.00953. The lowest BCUT2D eigenvalue weighted by Crippen LogP contribution is -2.25. The Hall–Kier alpha value is -8.78. The van der Waals surface area contributed by atoms with E-state index in [0.29, 0.717) is 23.1 Å². The van der Waals surface area contributed by atoms with E-state index < -0.39 is 46.7 Å². The van der Waals surface area contributed by atoms with Crippen LogP contribution < -0.4 is 30.7 Å². The fourth-order valence-electron chi connectivity index (χ4n) is 6.94. The first-order valence-corrected chi connectivity index (χ1v) is 19.8. The monoisotopic (exact) mass is 879 g/mol. The number of methoxy groups -OCH3 is 2. The van der Waals surface area contributed by atoms with Crippen LogP contribution in [0.5, 0.6) is 23.0 Å². The summed E-state index contributed by atoms with van der Waals surface area (Å²) >= 11 is 0. The van der Waals surface area contributed by atoms with E-state index in [0.717, 1.165) is 30.0 Å². The van der Waals surface area contributed by atoms with E-state index >= 15 is 0 Å². The summed E-state index contributed by atoms with van der Waals surface area (Å²) in [7, 11) is 2.36. The number of amides is 4. The van der Waals surface area contributed by atoms with Gasteiger partial charge in [-0.3, -0.25) is 28.8 Å². The third-order valence-corrected chi connectivity index (χ3v) is 10.4. The molecule has 0 aliphatic carbocycles. The Morgan fingerprint density at radius 1 is 0.785 bits per heavy atom. The molecule has 5 aromatic rings. The van der Waals surface area contributed by atoms with Gasteiger partial charge in [0.15, 0.2) is 34.6 Å². The molecule has 0 spiro atoms. The molecule has 0 fully saturated rings. The number of nitrogens with zero attached hydrogens (tertiary/aromatic N) is 1. The molecular weight excluding hydrogens is 839 g/mol. The van der Waals surface area contributed by atoms with Crippen molar-refractivity contribution in [1.82, 2.24) is 0 Å². The largest absolute Gasteiger partial charge is 0.504 e. The van der Waals surface area contributed by atoms with Crippen molar-refractivity contribution >= 4 is 70.0 Å². The molecule has 17 nitrogen and oxygen atoms in total. The second kappa shape index (κ2) is 19.9. The number of aromatic carboxylic acids is 1. The van der Waals surface area contributed by atoms with E-state index in [1.807, 2.05) is 24.3 Å². The summed E-state index contributed by atoms with van der Waals surface area (Å²) < 4.78 is 10.4. The normalized spacial score (nSPS) is 12.2. The zero-order valence-corrected chi connectivity index (χ0v) is 35.1. The lowest BCUT2D eigenvalue weighted by molar-refractivity contribution is -0.119. The number of nitrogens with one attached hydrogen (secondary N) is 4. The van der Waals surface area contributed by atoms with E-state index in [1.165, 1.54) is 49.6 Å². The molecule has 0 saturated carbocycles. The molecule has 17 heteroatoms. The van der Waals surface area contributed by atoms with Crippen LogP contribution in [0.15, 0.2) is 96.6 Å². The van der Waals surface area contributed by atoms with Gasteiger partial charge in [-0.25, -0.2) is 4.79 Å². The smallest absolute Gasteiger partial charge is 0.339 e. The fourth-order valence-corrected chi connectivity index (χ4v) is 6.94. The van der Waals surface area contributed by atoms with Gasteiger partial charge in [0.05, 0.1) is 49.6 Å². The van der Waals surface area contributed by atoms with E-state index in [4.69, 9.17) is 9.47 Å². The van der Waals surface area contributed by atoms with Gasteiger partial charge in [-0.1, -0.05) is 36.4 Å². The molecule has 0 saturated heterocycles. The highest BCUT2D eigenvalue weighted by atomic mass is 16.5. The number of ketones is 2. The van der Waals surface area contributed by atoms with Crippen molar-refractivity contribution in [3.63, 3.8) is 0 Å². The first-order valence-electron chi connectivity index (χ1n) is 19.8. The number of phenols is 2. The van der Waals surface area contributed by atoms with E-state index in [2.05, 4.69) is 21.3 Å².